The lowest BCUT2D eigenvalue weighted by Crippen LogP contribution is -2.12. The first-order valence-electron chi connectivity index (χ1n) is 5.73. The molecule has 1 unspecified atom stereocenters. The number of carboxylic acids is 1. The maximum Gasteiger partial charge on any atom is 0.347 e. The van der Waals surface area contributed by atoms with Crippen molar-refractivity contribution in [2.75, 3.05) is 18.5 Å². The lowest BCUT2D eigenvalue weighted by Gasteiger charge is -2.08. The van der Waals surface area contributed by atoms with E-state index in [0.29, 0.717) is 21.8 Å². The van der Waals surface area contributed by atoms with Gasteiger partial charge in [0.2, 0.25) is 0 Å². The summed E-state index contributed by atoms with van der Waals surface area (Å²) in [4.78, 5) is 15.3. The molecule has 0 saturated carbocycles. The second-order valence-corrected chi connectivity index (χ2v) is 5.09. The summed E-state index contributed by atoms with van der Waals surface area (Å²) < 4.78 is 5.51. The Labute approximate surface area is 104 Å². The van der Waals surface area contributed by atoms with Gasteiger partial charge in [0, 0.05) is 13.2 Å². The number of thiazole rings is 1. The van der Waals surface area contributed by atoms with Crippen molar-refractivity contribution < 1.29 is 14.6 Å². The molecule has 0 bridgehead atoms. The normalized spacial score (nSPS) is 19.5. The van der Waals surface area contributed by atoms with Crippen LogP contribution in [0.5, 0.6) is 0 Å². The van der Waals surface area contributed by atoms with Crippen LogP contribution in [0.15, 0.2) is 0 Å². The summed E-state index contributed by atoms with van der Waals surface area (Å²) in [5.74, 6) is -0.910. The quantitative estimate of drug-likeness (QED) is 0.844. The number of carbonyl (C=O) groups is 1. The van der Waals surface area contributed by atoms with Gasteiger partial charge in [-0.05, 0) is 26.2 Å². The average molecular weight is 256 g/mol. The van der Waals surface area contributed by atoms with Crippen LogP contribution in [0.4, 0.5) is 5.13 Å². The molecular weight excluding hydrogens is 240 g/mol. The molecule has 17 heavy (non-hydrogen) atoms. The molecule has 0 aromatic carbocycles. The molecule has 0 amide bonds. The standard InChI is InChI=1S/C11H16N2O3S/c1-7-9(10(14)15)17-11(13-7)12-5-4-8-3-2-6-16-8/h8H,2-6H2,1H3,(H,12,13)(H,14,15). The summed E-state index contributed by atoms with van der Waals surface area (Å²) in [6, 6.07) is 0. The molecule has 0 radical (unpaired) electrons. The summed E-state index contributed by atoms with van der Waals surface area (Å²) in [6.45, 7) is 3.35. The number of hydrogen-bond donors (Lipinski definition) is 2. The van der Waals surface area contributed by atoms with Gasteiger partial charge in [0.1, 0.15) is 4.88 Å². The number of nitrogens with zero attached hydrogens (tertiary/aromatic N) is 1. The van der Waals surface area contributed by atoms with Crippen molar-refractivity contribution in [3.8, 4) is 0 Å². The maximum absolute atomic E-state index is 10.8. The van der Waals surface area contributed by atoms with Crippen molar-refractivity contribution in [1.82, 2.24) is 4.98 Å². The minimum Gasteiger partial charge on any atom is -0.477 e. The molecule has 5 nitrogen and oxygen atoms in total. The summed E-state index contributed by atoms with van der Waals surface area (Å²) in [5.41, 5.74) is 0.571. The zero-order chi connectivity index (χ0) is 12.3. The van der Waals surface area contributed by atoms with Crippen LogP contribution in [-0.4, -0.2) is 35.3 Å². The van der Waals surface area contributed by atoms with E-state index < -0.39 is 5.97 Å². The number of carboxylic acid groups (broad SMARTS) is 1. The highest BCUT2D eigenvalue weighted by Crippen LogP contribution is 2.23. The highest BCUT2D eigenvalue weighted by atomic mass is 32.1. The Kier molecular flexibility index (Phi) is 3.96. The monoisotopic (exact) mass is 256 g/mol. The number of rotatable bonds is 5. The SMILES string of the molecule is Cc1nc(NCCC2CCCO2)sc1C(=O)O. The second kappa shape index (κ2) is 5.46. The van der Waals surface area contributed by atoms with E-state index in [4.69, 9.17) is 9.84 Å². The van der Waals surface area contributed by atoms with E-state index in [2.05, 4.69) is 10.3 Å². The molecule has 6 heteroatoms. The van der Waals surface area contributed by atoms with Crippen LogP contribution >= 0.6 is 11.3 Å². The van der Waals surface area contributed by atoms with Crippen LogP contribution in [0.2, 0.25) is 0 Å². The zero-order valence-corrected chi connectivity index (χ0v) is 10.5. The molecule has 94 valence electrons. The van der Waals surface area contributed by atoms with E-state index in [-0.39, 0.29) is 0 Å². The van der Waals surface area contributed by atoms with Gasteiger partial charge in [-0.1, -0.05) is 11.3 Å². The van der Waals surface area contributed by atoms with Gasteiger partial charge in [-0.15, -0.1) is 0 Å². The molecule has 0 spiro atoms. The fraction of sp³-hybridized carbons (Fsp3) is 0.636. The van der Waals surface area contributed by atoms with E-state index in [1.54, 1.807) is 6.92 Å². The number of aromatic nitrogens is 1. The molecule has 1 atom stereocenters. The molecular formula is C11H16N2O3S. The van der Waals surface area contributed by atoms with Crippen LogP contribution in [0.25, 0.3) is 0 Å². The van der Waals surface area contributed by atoms with Crippen LogP contribution in [0.3, 0.4) is 0 Å². The van der Waals surface area contributed by atoms with E-state index in [1.165, 1.54) is 11.3 Å². The van der Waals surface area contributed by atoms with E-state index in [1.807, 2.05) is 0 Å². The Balaban J connectivity index is 1.82. The lowest BCUT2D eigenvalue weighted by atomic mass is 10.2. The second-order valence-electron chi connectivity index (χ2n) is 4.09. The van der Waals surface area contributed by atoms with Crippen molar-refractivity contribution in [1.29, 1.82) is 0 Å². The molecule has 1 aromatic heterocycles. The van der Waals surface area contributed by atoms with Gasteiger partial charge in [-0.25, -0.2) is 9.78 Å². The Morgan fingerprint density at radius 1 is 1.71 bits per heavy atom. The topological polar surface area (TPSA) is 71.5 Å². The fourth-order valence-electron chi connectivity index (χ4n) is 1.88. The van der Waals surface area contributed by atoms with Crippen molar-refractivity contribution >= 4 is 22.4 Å². The van der Waals surface area contributed by atoms with Gasteiger partial charge in [0.05, 0.1) is 11.8 Å². The van der Waals surface area contributed by atoms with Crippen LogP contribution in [-0.2, 0) is 4.74 Å². The maximum atomic E-state index is 10.8. The predicted molar refractivity (Wildman–Crippen MR) is 65.9 cm³/mol. The summed E-state index contributed by atoms with van der Waals surface area (Å²) in [7, 11) is 0. The molecule has 2 N–H and O–H groups in total. The van der Waals surface area contributed by atoms with E-state index in [0.717, 1.165) is 32.4 Å². The molecule has 0 aliphatic carbocycles. The van der Waals surface area contributed by atoms with Crippen LogP contribution in [0, 0.1) is 6.92 Å². The Bertz CT molecular complexity index is 399. The van der Waals surface area contributed by atoms with E-state index >= 15 is 0 Å². The molecule has 2 heterocycles. The van der Waals surface area contributed by atoms with Crippen LogP contribution < -0.4 is 5.32 Å². The lowest BCUT2D eigenvalue weighted by molar-refractivity contribution is 0.0701. The average Bonchev–Trinajstić information content (AvgIpc) is 2.88. The molecule has 1 saturated heterocycles. The number of nitrogens with one attached hydrogen (secondary N) is 1. The third kappa shape index (κ3) is 3.17. The molecule has 2 rings (SSSR count). The van der Waals surface area contributed by atoms with Gasteiger partial charge < -0.3 is 15.2 Å². The summed E-state index contributed by atoms with van der Waals surface area (Å²) in [5, 5.41) is 12.7. The first-order chi connectivity index (χ1) is 8.16. The minimum atomic E-state index is -0.910. The van der Waals surface area contributed by atoms with Crippen molar-refractivity contribution in [2.45, 2.75) is 32.3 Å². The first kappa shape index (κ1) is 12.3. The van der Waals surface area contributed by atoms with Crippen molar-refractivity contribution in [2.24, 2.45) is 0 Å². The van der Waals surface area contributed by atoms with Crippen LogP contribution in [0.1, 0.15) is 34.6 Å². The third-order valence-electron chi connectivity index (χ3n) is 2.76. The van der Waals surface area contributed by atoms with E-state index in [9.17, 15) is 4.79 Å². The molecule has 1 aliphatic rings. The minimum absolute atomic E-state index is 0.310. The Morgan fingerprint density at radius 3 is 3.12 bits per heavy atom. The number of aromatic carboxylic acids is 1. The molecule has 1 aromatic rings. The smallest absolute Gasteiger partial charge is 0.347 e. The van der Waals surface area contributed by atoms with Gasteiger partial charge in [0.25, 0.3) is 0 Å². The van der Waals surface area contributed by atoms with Crippen molar-refractivity contribution in [3.05, 3.63) is 10.6 Å². The Morgan fingerprint density at radius 2 is 2.53 bits per heavy atom. The fourth-order valence-corrected chi connectivity index (χ4v) is 2.71. The number of aryl methyl sites for hydroxylation is 1. The number of anilines is 1. The summed E-state index contributed by atoms with van der Waals surface area (Å²) in [6.07, 6.45) is 3.56. The van der Waals surface area contributed by atoms with Gasteiger partial charge in [-0.2, -0.15) is 0 Å². The molecule has 1 fully saturated rings. The highest BCUT2D eigenvalue weighted by Gasteiger charge is 2.16. The number of hydrogen-bond acceptors (Lipinski definition) is 5. The predicted octanol–water partition coefficient (Wildman–Crippen LogP) is 2.13. The molecule has 1 aliphatic heterocycles. The van der Waals surface area contributed by atoms with Gasteiger partial charge in [-0.3, -0.25) is 0 Å². The summed E-state index contributed by atoms with van der Waals surface area (Å²) >= 11 is 1.19. The van der Waals surface area contributed by atoms with Gasteiger partial charge in [0.15, 0.2) is 5.13 Å². The van der Waals surface area contributed by atoms with Gasteiger partial charge >= 0.3 is 5.97 Å². The third-order valence-corrected chi connectivity index (χ3v) is 3.86. The first-order valence-corrected chi connectivity index (χ1v) is 6.54. The number of ether oxygens (including phenoxy) is 1. The van der Waals surface area contributed by atoms with Crippen molar-refractivity contribution in [3.63, 3.8) is 0 Å². The highest BCUT2D eigenvalue weighted by molar-refractivity contribution is 7.17. The zero-order valence-electron chi connectivity index (χ0n) is 9.73. The largest absolute Gasteiger partial charge is 0.477 e. The Hall–Kier alpha value is -1.14.